The van der Waals surface area contributed by atoms with Gasteiger partial charge in [-0.05, 0) is 20.0 Å². The van der Waals surface area contributed by atoms with Gasteiger partial charge in [0.05, 0.1) is 12.2 Å². The van der Waals surface area contributed by atoms with Crippen molar-refractivity contribution in [1.29, 1.82) is 0 Å². The number of hydrogen-bond acceptors (Lipinski definition) is 5. The van der Waals surface area contributed by atoms with Gasteiger partial charge in [-0.25, -0.2) is 4.98 Å². The molecule has 0 spiro atoms. The van der Waals surface area contributed by atoms with Crippen molar-refractivity contribution < 1.29 is 0 Å². The number of nitrogens with one attached hydrogen (secondary N) is 2. The molecule has 0 saturated carbocycles. The smallest absolute Gasteiger partial charge is 0.191 e. The average Bonchev–Trinajstić information content (AvgIpc) is 3.00. The molecular weight excluding hydrogens is 308 g/mol. The fourth-order valence-electron chi connectivity index (χ4n) is 2.59. The first kappa shape index (κ1) is 18.2. The fraction of sp³-hybridized carbons (Fsp3) is 0.750. The van der Waals surface area contributed by atoms with E-state index in [1.807, 2.05) is 7.05 Å². The summed E-state index contributed by atoms with van der Waals surface area (Å²) in [4.78, 5) is 13.8. The van der Waals surface area contributed by atoms with E-state index in [-0.39, 0.29) is 0 Å². The second-order valence-corrected chi connectivity index (χ2v) is 7.47. The van der Waals surface area contributed by atoms with E-state index in [0.29, 0.717) is 12.0 Å². The summed E-state index contributed by atoms with van der Waals surface area (Å²) in [6.07, 6.45) is 0. The van der Waals surface area contributed by atoms with Crippen LogP contribution in [0.2, 0.25) is 0 Å². The van der Waals surface area contributed by atoms with Crippen LogP contribution in [0.5, 0.6) is 0 Å². The third-order valence-corrected chi connectivity index (χ3v) is 5.14. The van der Waals surface area contributed by atoms with Gasteiger partial charge < -0.3 is 15.5 Å². The molecule has 1 aromatic heterocycles. The minimum absolute atomic E-state index is 0.483. The molecule has 1 atom stereocenters. The molecule has 1 fully saturated rings. The van der Waals surface area contributed by atoms with Crippen molar-refractivity contribution in [2.24, 2.45) is 4.99 Å². The summed E-state index contributed by atoms with van der Waals surface area (Å²) in [5.74, 6) is 1.32. The second-order valence-electron chi connectivity index (χ2n) is 6.52. The van der Waals surface area contributed by atoms with E-state index >= 15 is 0 Å². The largest absolute Gasteiger partial charge is 0.355 e. The van der Waals surface area contributed by atoms with Crippen molar-refractivity contribution >= 4 is 17.3 Å². The Morgan fingerprint density at radius 1 is 1.39 bits per heavy atom. The Kier molecular flexibility index (Phi) is 6.80. The zero-order chi connectivity index (χ0) is 16.8. The molecule has 23 heavy (non-hydrogen) atoms. The molecule has 1 aromatic rings. The quantitative estimate of drug-likeness (QED) is 0.624. The summed E-state index contributed by atoms with van der Waals surface area (Å²) in [7, 11) is 6.19. The molecule has 0 aromatic carbocycles. The Bertz CT molecular complexity index is 512. The highest BCUT2D eigenvalue weighted by Gasteiger charge is 2.22. The van der Waals surface area contributed by atoms with Crippen LogP contribution in [-0.4, -0.2) is 74.1 Å². The summed E-state index contributed by atoms with van der Waals surface area (Å²) in [6, 6.07) is 0.514. The highest BCUT2D eigenvalue weighted by molar-refractivity contribution is 7.09. The lowest BCUT2D eigenvalue weighted by Crippen LogP contribution is -2.55. The summed E-state index contributed by atoms with van der Waals surface area (Å²) in [5, 5.41) is 10.0. The van der Waals surface area contributed by atoms with Crippen LogP contribution in [0.3, 0.4) is 0 Å². The minimum atomic E-state index is 0.483. The van der Waals surface area contributed by atoms with Crippen LogP contribution in [0.4, 0.5) is 0 Å². The summed E-state index contributed by atoms with van der Waals surface area (Å²) < 4.78 is 0. The van der Waals surface area contributed by atoms with E-state index in [1.54, 1.807) is 11.3 Å². The Morgan fingerprint density at radius 3 is 2.83 bits per heavy atom. The normalized spacial score (nSPS) is 21.0. The average molecular weight is 339 g/mol. The molecule has 2 N–H and O–H groups in total. The first-order chi connectivity index (χ1) is 11.0. The highest BCUT2D eigenvalue weighted by atomic mass is 32.1. The number of hydrogen-bond donors (Lipinski definition) is 2. The standard InChI is InChI=1S/C16H30N6S/c1-12(2)14-11-23-15(20-14)9-19-16(17-3)18-8-13-10-21(4)6-7-22(13)5/h11-13H,6-10H2,1-5H3,(H2,17,18,19). The Hall–Kier alpha value is -1.18. The van der Waals surface area contributed by atoms with E-state index in [2.05, 4.69) is 63.7 Å². The number of rotatable bonds is 5. The molecule has 1 aliphatic heterocycles. The Morgan fingerprint density at radius 2 is 2.17 bits per heavy atom. The van der Waals surface area contributed by atoms with E-state index < -0.39 is 0 Å². The van der Waals surface area contributed by atoms with Crippen LogP contribution in [0.25, 0.3) is 0 Å². The number of aliphatic imine (C=N–C) groups is 1. The maximum Gasteiger partial charge on any atom is 0.191 e. The fourth-order valence-corrected chi connectivity index (χ4v) is 3.48. The van der Waals surface area contributed by atoms with Crippen LogP contribution in [0.15, 0.2) is 10.4 Å². The van der Waals surface area contributed by atoms with E-state index in [9.17, 15) is 0 Å². The van der Waals surface area contributed by atoms with Crippen LogP contribution >= 0.6 is 11.3 Å². The van der Waals surface area contributed by atoms with Gasteiger partial charge in [0.1, 0.15) is 5.01 Å². The van der Waals surface area contributed by atoms with Crippen LogP contribution < -0.4 is 10.6 Å². The van der Waals surface area contributed by atoms with Gasteiger partial charge in [-0.3, -0.25) is 9.89 Å². The summed E-state index contributed by atoms with van der Waals surface area (Å²) >= 11 is 1.71. The second kappa shape index (κ2) is 8.61. The van der Waals surface area contributed by atoms with Crippen LogP contribution in [0.1, 0.15) is 30.5 Å². The molecule has 2 rings (SSSR count). The predicted molar refractivity (Wildman–Crippen MR) is 98.3 cm³/mol. The topological polar surface area (TPSA) is 55.8 Å². The number of piperazine rings is 1. The summed E-state index contributed by atoms with van der Waals surface area (Å²) in [6.45, 7) is 9.31. The molecule has 1 saturated heterocycles. The number of guanidine groups is 1. The first-order valence-electron chi connectivity index (χ1n) is 8.27. The van der Waals surface area contributed by atoms with E-state index in [4.69, 9.17) is 0 Å². The van der Waals surface area contributed by atoms with Gasteiger partial charge in [0, 0.05) is 44.6 Å². The van der Waals surface area contributed by atoms with E-state index in [1.165, 1.54) is 5.69 Å². The highest BCUT2D eigenvalue weighted by Crippen LogP contribution is 2.17. The molecule has 1 aliphatic rings. The van der Waals surface area contributed by atoms with Crippen molar-refractivity contribution in [2.45, 2.75) is 32.4 Å². The zero-order valence-electron chi connectivity index (χ0n) is 15.0. The third kappa shape index (κ3) is 5.44. The van der Waals surface area contributed by atoms with Crippen molar-refractivity contribution in [1.82, 2.24) is 25.4 Å². The molecule has 0 amide bonds. The molecule has 7 heteroatoms. The molecule has 0 bridgehead atoms. The molecule has 0 aliphatic carbocycles. The number of likely N-dealkylation sites (N-methyl/N-ethyl adjacent to an activating group) is 2. The Labute approximate surface area is 144 Å². The molecule has 2 heterocycles. The lowest BCUT2D eigenvalue weighted by molar-refractivity contribution is 0.116. The summed E-state index contributed by atoms with van der Waals surface area (Å²) in [5.41, 5.74) is 1.17. The van der Waals surface area contributed by atoms with Crippen LogP contribution in [0, 0.1) is 0 Å². The van der Waals surface area contributed by atoms with Gasteiger partial charge in [0.25, 0.3) is 0 Å². The monoisotopic (exact) mass is 338 g/mol. The van der Waals surface area contributed by atoms with Gasteiger partial charge >= 0.3 is 0 Å². The predicted octanol–water partition coefficient (Wildman–Crippen LogP) is 1.18. The van der Waals surface area contributed by atoms with Gasteiger partial charge in [-0.15, -0.1) is 11.3 Å². The van der Waals surface area contributed by atoms with E-state index in [0.717, 1.165) is 43.7 Å². The minimum Gasteiger partial charge on any atom is -0.355 e. The maximum absolute atomic E-state index is 4.65. The van der Waals surface area contributed by atoms with Gasteiger partial charge in [-0.1, -0.05) is 13.8 Å². The zero-order valence-corrected chi connectivity index (χ0v) is 15.8. The van der Waals surface area contributed by atoms with Gasteiger partial charge in [-0.2, -0.15) is 0 Å². The lowest BCUT2D eigenvalue weighted by Gasteiger charge is -2.37. The number of nitrogens with zero attached hydrogens (tertiary/aromatic N) is 4. The van der Waals surface area contributed by atoms with Crippen molar-refractivity contribution in [3.8, 4) is 0 Å². The van der Waals surface area contributed by atoms with Gasteiger partial charge in [0.15, 0.2) is 5.96 Å². The van der Waals surface area contributed by atoms with Gasteiger partial charge in [0.2, 0.25) is 0 Å². The van der Waals surface area contributed by atoms with Crippen molar-refractivity contribution in [3.05, 3.63) is 16.1 Å². The molecule has 130 valence electrons. The van der Waals surface area contributed by atoms with Crippen LogP contribution in [-0.2, 0) is 6.54 Å². The molecular formula is C16H30N6S. The molecule has 6 nitrogen and oxygen atoms in total. The van der Waals surface area contributed by atoms with Crippen molar-refractivity contribution in [2.75, 3.05) is 47.3 Å². The third-order valence-electron chi connectivity index (χ3n) is 4.28. The number of aromatic nitrogens is 1. The molecule has 0 radical (unpaired) electrons. The Balaban J connectivity index is 1.78. The molecule has 1 unspecified atom stereocenters. The maximum atomic E-state index is 4.65. The SMILES string of the molecule is CN=C(NCc1nc(C(C)C)cs1)NCC1CN(C)CCN1C. The van der Waals surface area contributed by atoms with Crippen molar-refractivity contribution in [3.63, 3.8) is 0 Å². The lowest BCUT2D eigenvalue weighted by atomic mass is 10.2. The number of thiazole rings is 1. The first-order valence-corrected chi connectivity index (χ1v) is 9.15.